The predicted molar refractivity (Wildman–Crippen MR) is 104 cm³/mol. The van der Waals surface area contributed by atoms with Crippen LogP contribution in [0.4, 0.5) is 0 Å². The molecule has 2 nitrogen and oxygen atoms in total. The van der Waals surface area contributed by atoms with Crippen LogP contribution in [0.1, 0.15) is 39.0 Å². The first-order valence-corrected chi connectivity index (χ1v) is 28.5. The van der Waals surface area contributed by atoms with E-state index in [0.29, 0.717) is 6.04 Å². The third-order valence-corrected chi connectivity index (χ3v) is 13.8. The van der Waals surface area contributed by atoms with Crippen molar-refractivity contribution in [3.63, 3.8) is 0 Å². The molecule has 0 bridgehead atoms. The molecule has 6 heteroatoms. The van der Waals surface area contributed by atoms with Crippen LogP contribution in [-0.4, -0.2) is 30.8 Å². The Morgan fingerprint density at radius 3 is 2.55 bits per heavy atom. The van der Waals surface area contributed by atoms with Gasteiger partial charge in [0.1, 0.15) is 0 Å². The summed E-state index contributed by atoms with van der Waals surface area (Å²) in [6.07, 6.45) is 12.7. The maximum atomic E-state index is 4.56. The number of piperidine rings is 1. The van der Waals surface area contributed by atoms with Crippen molar-refractivity contribution in [2.24, 2.45) is 0 Å². The maximum absolute atomic E-state index is 4.56. The van der Waals surface area contributed by atoms with Crippen LogP contribution < -0.4 is 0 Å². The summed E-state index contributed by atoms with van der Waals surface area (Å²) < 4.78 is 1.32. The predicted octanol–water partition coefficient (Wildman–Crippen LogP) is 6.65. The second kappa shape index (κ2) is 11.1. The number of halogens is 3. The molecule has 1 atom stereocenters. The van der Waals surface area contributed by atoms with E-state index in [1.807, 2.05) is 0 Å². The van der Waals surface area contributed by atoms with Crippen LogP contribution in [0.2, 0.25) is 4.44 Å². The average Bonchev–Trinajstić information content (AvgIpc) is 2.47. The van der Waals surface area contributed by atoms with E-state index in [2.05, 4.69) is 73.9 Å². The Bertz CT molecular complexity index is 321. The van der Waals surface area contributed by atoms with Gasteiger partial charge in [-0.3, -0.25) is 0 Å². The summed E-state index contributed by atoms with van der Waals surface area (Å²) in [5, 5.41) is 8.99. The molecule has 116 valence electrons. The van der Waals surface area contributed by atoms with E-state index >= 15 is 0 Å². The van der Waals surface area contributed by atoms with Gasteiger partial charge in [-0.2, -0.15) is 5.70 Å². The van der Waals surface area contributed by atoms with E-state index in [1.165, 1.54) is 42.2 Å². The minimum absolute atomic E-state index is 0.406. The quantitative estimate of drug-likeness (QED) is 0.335. The molecule has 1 fully saturated rings. The molecule has 20 heavy (non-hydrogen) atoms. The van der Waals surface area contributed by atoms with Crippen LogP contribution >= 0.6 is 38.1 Å². The van der Waals surface area contributed by atoms with Gasteiger partial charge in [0, 0.05) is 0 Å². The molecule has 0 aromatic heterocycles. The molecule has 0 radical (unpaired) electrons. The van der Waals surface area contributed by atoms with Crippen molar-refractivity contribution >= 4 is 49.8 Å². The first kappa shape index (κ1) is 19.5. The summed E-state index contributed by atoms with van der Waals surface area (Å²) in [7, 11) is 0. The van der Waals surface area contributed by atoms with Crippen LogP contribution in [0.5, 0.6) is 0 Å². The minimum atomic E-state index is -1.87. The average molecular weight is 578 g/mol. The van der Waals surface area contributed by atoms with Crippen LogP contribution in [0.25, 0.3) is 10.6 Å². The molecule has 1 unspecified atom stereocenters. The molecule has 0 spiro atoms. The fourth-order valence-electron chi connectivity index (χ4n) is 2.06. The molecule has 2 aliphatic rings. The normalized spacial score (nSPS) is 22.4. The number of allylic oxidation sites excluding steroid dienone is 2. The van der Waals surface area contributed by atoms with Crippen LogP contribution in [0, 0.1) is 0 Å². The number of nitrogens with zero attached hydrogens (tertiary/aromatic N) is 2. The number of unbranched alkanes of at least 4 members (excludes halogenated alkanes) is 1. The number of hydrogen-bond donors (Lipinski definition) is 0. The molecule has 2 aliphatic heterocycles. The summed E-state index contributed by atoms with van der Waals surface area (Å²) in [6, 6.07) is 0.406. The van der Waals surface area contributed by atoms with E-state index in [-0.39, 0.29) is 0 Å². The second-order valence-corrected chi connectivity index (χ2v) is 58.6. The zero-order valence-electron chi connectivity index (χ0n) is 12.0. The van der Waals surface area contributed by atoms with Crippen molar-refractivity contribution < 1.29 is 0 Å². The molecule has 0 aromatic carbocycles. The van der Waals surface area contributed by atoms with E-state index in [9.17, 15) is 0 Å². The molecule has 0 aromatic rings. The first-order chi connectivity index (χ1) is 9.53. The fourth-order valence-corrected chi connectivity index (χ4v) is 9.86. The molecule has 0 saturated carbocycles. The Morgan fingerprint density at radius 2 is 2.10 bits per heavy atom. The molecule has 0 amide bonds. The van der Waals surface area contributed by atoms with Gasteiger partial charge in [0.2, 0.25) is 0 Å². The van der Waals surface area contributed by atoms with Crippen molar-refractivity contribution in [1.29, 1.82) is 0 Å². The van der Waals surface area contributed by atoms with Crippen LogP contribution in [0.3, 0.4) is 0 Å². The summed E-state index contributed by atoms with van der Waals surface area (Å²) in [5.74, 6) is 0. The summed E-state index contributed by atoms with van der Waals surface area (Å²) in [6.45, 7) is 4.09. The van der Waals surface area contributed by atoms with E-state index in [0.717, 1.165) is 13.1 Å². The third kappa shape index (κ3) is 9.49. The van der Waals surface area contributed by atoms with Gasteiger partial charge in [0.25, 0.3) is 0 Å². The zero-order chi connectivity index (χ0) is 14.8. The van der Waals surface area contributed by atoms with Crippen LogP contribution in [0.15, 0.2) is 23.9 Å². The van der Waals surface area contributed by atoms with Crippen molar-refractivity contribution in [2.45, 2.75) is 49.5 Å². The molecule has 2 rings (SSSR count). The van der Waals surface area contributed by atoms with E-state index in [1.54, 1.807) is 0 Å². The van der Waals surface area contributed by atoms with Crippen LogP contribution in [-0.2, 0) is 0 Å². The molecular weight excluding hydrogens is 555 g/mol. The Balaban J connectivity index is 0.000000221. The number of rotatable bonds is 4. The summed E-state index contributed by atoms with van der Waals surface area (Å²) >= 11 is 9.00. The van der Waals surface area contributed by atoms with Gasteiger partial charge in [-0.25, -0.2) is 0 Å². The van der Waals surface area contributed by atoms with Crippen molar-refractivity contribution in [1.82, 2.24) is 0 Å². The Kier molecular flexibility index (Phi) is 10.8. The van der Waals surface area contributed by atoms with Gasteiger partial charge in [-0.05, 0) is 0 Å². The van der Waals surface area contributed by atoms with Gasteiger partial charge in [-0.15, -0.1) is 25.2 Å². The van der Waals surface area contributed by atoms with Crippen molar-refractivity contribution in [3.05, 3.63) is 34.6 Å². The molecular formula is C14H23Br3N2Sn-2. The summed E-state index contributed by atoms with van der Waals surface area (Å²) in [5.41, 5.74) is 1.19. The first-order valence-electron chi connectivity index (χ1n) is 7.30. The van der Waals surface area contributed by atoms with E-state index in [4.69, 9.17) is 0 Å². The Hall–Kier alpha value is 1.48. The molecule has 1 saturated heterocycles. The van der Waals surface area contributed by atoms with E-state index < -0.39 is 11.7 Å². The monoisotopic (exact) mass is 576 g/mol. The summed E-state index contributed by atoms with van der Waals surface area (Å²) in [4.78, 5) is 0. The number of hydrogen-bond acceptors (Lipinski definition) is 0. The molecule has 0 aliphatic carbocycles. The standard InChI is InChI=1S/C10H14N2.C4H9.3BrH.Sn/c1-3-7-11-9(5-1)10-6-2-4-8-12-10;1-3-4-2;;;;/h1,3,5,10H,2,4,6-8H2;1,3-4H2,2H3;3*1H;/q-2;;;;;+3/p-3. The van der Waals surface area contributed by atoms with Crippen molar-refractivity contribution in [3.8, 4) is 0 Å². The van der Waals surface area contributed by atoms with Crippen molar-refractivity contribution in [2.75, 3.05) is 13.1 Å². The van der Waals surface area contributed by atoms with Gasteiger partial charge in [0.05, 0.1) is 0 Å². The Labute approximate surface area is 145 Å². The molecule has 0 N–H and O–H groups in total. The van der Waals surface area contributed by atoms with Gasteiger partial charge < -0.3 is 10.6 Å². The fraction of sp³-hybridized carbons (Fsp3) is 0.714. The Morgan fingerprint density at radius 1 is 1.30 bits per heavy atom. The SMILES string of the molecule is C1=CC[N-]C(C2CCCC[N-]2)=C1.CCC[CH2][Sn]([Br])([Br])[Br]. The van der Waals surface area contributed by atoms with Gasteiger partial charge >= 0.3 is 74.0 Å². The third-order valence-electron chi connectivity index (χ3n) is 3.17. The van der Waals surface area contributed by atoms with Gasteiger partial charge in [0.15, 0.2) is 0 Å². The van der Waals surface area contributed by atoms with Gasteiger partial charge in [-0.1, -0.05) is 31.4 Å². The molecule has 2 heterocycles. The zero-order valence-corrected chi connectivity index (χ0v) is 19.6. The topological polar surface area (TPSA) is 28.2 Å². The second-order valence-electron chi connectivity index (χ2n) is 5.00.